The van der Waals surface area contributed by atoms with Crippen molar-refractivity contribution in [2.45, 2.75) is 20.3 Å². The molecule has 0 saturated carbocycles. The molecule has 0 fully saturated rings. The van der Waals surface area contributed by atoms with Crippen LogP contribution in [0.15, 0.2) is 36.5 Å². The molecule has 1 heteroatoms. The van der Waals surface area contributed by atoms with E-state index in [2.05, 4.69) is 25.3 Å². The molecule has 2 N–H and O–H groups in total. The first-order chi connectivity index (χ1) is 5.35. The second-order valence-corrected chi connectivity index (χ2v) is 1.83. The van der Waals surface area contributed by atoms with Gasteiger partial charge in [-0.3, -0.25) is 0 Å². The molecule has 0 saturated heterocycles. The lowest BCUT2D eigenvalue weighted by Crippen LogP contribution is -1.70. The summed E-state index contributed by atoms with van der Waals surface area (Å²) in [4.78, 5) is 0. The van der Waals surface area contributed by atoms with E-state index in [1.54, 1.807) is 0 Å². The van der Waals surface area contributed by atoms with E-state index in [1.165, 1.54) is 12.6 Å². The highest BCUT2D eigenvalue weighted by molar-refractivity contribution is 5.21. The van der Waals surface area contributed by atoms with E-state index in [4.69, 9.17) is 0 Å². The molecule has 0 aromatic rings. The maximum Gasteiger partial charge on any atom is -0.0195 e. The van der Waals surface area contributed by atoms with Crippen molar-refractivity contribution in [3.05, 3.63) is 36.5 Å². The van der Waals surface area contributed by atoms with Crippen molar-refractivity contribution in [3.8, 4) is 0 Å². The van der Waals surface area contributed by atoms with Crippen molar-refractivity contribution in [2.24, 2.45) is 5.73 Å². The standard InChI is InChI=1S/C9H14.CH5N/c1-4-7-9(6-3)8-5-2;1-2/h4-5,7-8H,1,6H2,2-3H3;2H2,1H3/b8-5-,9-7-;. The van der Waals surface area contributed by atoms with Crippen molar-refractivity contribution in [1.29, 1.82) is 0 Å². The zero-order chi connectivity index (χ0) is 9.11. The van der Waals surface area contributed by atoms with Crippen LogP contribution in [-0.4, -0.2) is 7.05 Å². The van der Waals surface area contributed by atoms with Gasteiger partial charge in [-0.15, -0.1) is 0 Å². The first-order valence-electron chi connectivity index (χ1n) is 3.87. The molecule has 0 atom stereocenters. The predicted molar refractivity (Wildman–Crippen MR) is 53.5 cm³/mol. The van der Waals surface area contributed by atoms with E-state index in [0.29, 0.717) is 0 Å². The van der Waals surface area contributed by atoms with Gasteiger partial charge in [-0.1, -0.05) is 37.8 Å². The maximum atomic E-state index is 4.50. The van der Waals surface area contributed by atoms with Crippen LogP contribution in [0, 0.1) is 0 Å². The molecule has 0 amide bonds. The zero-order valence-electron chi connectivity index (χ0n) is 7.80. The Kier molecular flexibility index (Phi) is 13.9. The second-order valence-electron chi connectivity index (χ2n) is 1.83. The van der Waals surface area contributed by atoms with Gasteiger partial charge >= 0.3 is 0 Å². The topological polar surface area (TPSA) is 26.0 Å². The predicted octanol–water partition coefficient (Wildman–Crippen LogP) is 2.66. The number of allylic oxidation sites excluding steroid dienone is 5. The Balaban J connectivity index is 0. The average Bonchev–Trinajstić information content (AvgIpc) is 2.08. The first kappa shape index (κ1) is 12.8. The van der Waals surface area contributed by atoms with Crippen LogP contribution in [0.2, 0.25) is 0 Å². The molecule has 1 nitrogen and oxygen atoms in total. The van der Waals surface area contributed by atoms with Crippen LogP contribution in [0.25, 0.3) is 0 Å². The zero-order valence-corrected chi connectivity index (χ0v) is 7.80. The summed E-state index contributed by atoms with van der Waals surface area (Å²) in [6.45, 7) is 7.78. The minimum atomic E-state index is 1.08. The van der Waals surface area contributed by atoms with Gasteiger partial charge in [0, 0.05) is 0 Å². The number of rotatable bonds is 3. The summed E-state index contributed by atoms with van der Waals surface area (Å²) < 4.78 is 0. The van der Waals surface area contributed by atoms with E-state index >= 15 is 0 Å². The number of hydrogen-bond donors (Lipinski definition) is 1. The molecule has 0 aliphatic carbocycles. The number of nitrogens with two attached hydrogens (primary N) is 1. The summed E-state index contributed by atoms with van der Waals surface area (Å²) in [5.41, 5.74) is 5.83. The van der Waals surface area contributed by atoms with E-state index in [-0.39, 0.29) is 0 Å². The quantitative estimate of drug-likeness (QED) is 0.620. The Morgan fingerprint density at radius 3 is 2.27 bits per heavy atom. The maximum absolute atomic E-state index is 4.50. The molecule has 0 rings (SSSR count). The first-order valence-corrected chi connectivity index (χ1v) is 3.87. The summed E-state index contributed by atoms with van der Waals surface area (Å²) >= 11 is 0. The van der Waals surface area contributed by atoms with Crippen LogP contribution in [0.3, 0.4) is 0 Å². The fraction of sp³-hybridized carbons (Fsp3) is 0.400. The molecule has 64 valence electrons. The van der Waals surface area contributed by atoms with Gasteiger partial charge in [0.15, 0.2) is 0 Å². The summed E-state index contributed by atoms with van der Waals surface area (Å²) in [6.07, 6.45) is 9.07. The monoisotopic (exact) mass is 153 g/mol. The molecule has 0 unspecified atom stereocenters. The normalized spacial score (nSPS) is 10.7. The average molecular weight is 153 g/mol. The van der Waals surface area contributed by atoms with Crippen LogP contribution in [-0.2, 0) is 0 Å². The third-order valence-electron chi connectivity index (χ3n) is 1.12. The SMILES string of the molecule is C=C/C=C(\C=C/C)CC.CN. The lowest BCUT2D eigenvalue weighted by molar-refractivity contribution is 1.15. The highest BCUT2D eigenvalue weighted by atomic mass is 14.4. The van der Waals surface area contributed by atoms with E-state index in [1.807, 2.05) is 25.2 Å². The molecular weight excluding hydrogens is 134 g/mol. The van der Waals surface area contributed by atoms with Gasteiger partial charge in [-0.25, -0.2) is 0 Å². The number of hydrogen-bond acceptors (Lipinski definition) is 1. The molecule has 0 bridgehead atoms. The highest BCUT2D eigenvalue weighted by Crippen LogP contribution is 2.01. The van der Waals surface area contributed by atoms with Gasteiger partial charge < -0.3 is 5.73 Å². The van der Waals surface area contributed by atoms with Crippen LogP contribution in [0.4, 0.5) is 0 Å². The van der Waals surface area contributed by atoms with Crippen molar-refractivity contribution < 1.29 is 0 Å². The molecule has 0 heterocycles. The van der Waals surface area contributed by atoms with Crippen molar-refractivity contribution in [3.63, 3.8) is 0 Å². The Bertz CT molecular complexity index is 132. The van der Waals surface area contributed by atoms with Crippen LogP contribution < -0.4 is 5.73 Å². The summed E-state index contributed by atoms with van der Waals surface area (Å²) in [5.74, 6) is 0. The van der Waals surface area contributed by atoms with Gasteiger partial charge in [0.1, 0.15) is 0 Å². The summed E-state index contributed by atoms with van der Waals surface area (Å²) in [7, 11) is 1.50. The Morgan fingerprint density at radius 1 is 1.45 bits per heavy atom. The minimum absolute atomic E-state index is 1.08. The van der Waals surface area contributed by atoms with Crippen molar-refractivity contribution in [2.75, 3.05) is 7.05 Å². The molecule has 0 aromatic heterocycles. The lowest BCUT2D eigenvalue weighted by atomic mass is 10.2. The van der Waals surface area contributed by atoms with E-state index < -0.39 is 0 Å². The molecule has 0 aromatic carbocycles. The third kappa shape index (κ3) is 9.18. The minimum Gasteiger partial charge on any atom is -0.333 e. The van der Waals surface area contributed by atoms with E-state index in [0.717, 1.165) is 6.42 Å². The Hall–Kier alpha value is -0.820. The van der Waals surface area contributed by atoms with Crippen molar-refractivity contribution >= 4 is 0 Å². The Morgan fingerprint density at radius 2 is 2.00 bits per heavy atom. The molecule has 0 radical (unpaired) electrons. The Labute approximate surface area is 70.3 Å². The smallest absolute Gasteiger partial charge is 0.0195 e. The van der Waals surface area contributed by atoms with E-state index in [9.17, 15) is 0 Å². The van der Waals surface area contributed by atoms with Gasteiger partial charge in [0.2, 0.25) is 0 Å². The largest absolute Gasteiger partial charge is 0.333 e. The molecule has 0 spiro atoms. The summed E-state index contributed by atoms with van der Waals surface area (Å²) in [6, 6.07) is 0. The molecule has 11 heavy (non-hydrogen) atoms. The molecule has 0 aliphatic rings. The van der Waals surface area contributed by atoms with Crippen LogP contribution >= 0.6 is 0 Å². The fourth-order valence-corrected chi connectivity index (χ4v) is 0.657. The highest BCUT2D eigenvalue weighted by Gasteiger charge is 1.80. The van der Waals surface area contributed by atoms with Crippen molar-refractivity contribution in [1.82, 2.24) is 0 Å². The summed E-state index contributed by atoms with van der Waals surface area (Å²) in [5, 5.41) is 0. The molecule has 0 aliphatic heterocycles. The van der Waals surface area contributed by atoms with Gasteiger partial charge in [-0.05, 0) is 26.0 Å². The van der Waals surface area contributed by atoms with Crippen LogP contribution in [0.5, 0.6) is 0 Å². The lowest BCUT2D eigenvalue weighted by Gasteiger charge is -1.90. The second kappa shape index (κ2) is 11.9. The van der Waals surface area contributed by atoms with Gasteiger partial charge in [-0.2, -0.15) is 0 Å². The fourth-order valence-electron chi connectivity index (χ4n) is 0.657. The van der Waals surface area contributed by atoms with Crippen LogP contribution in [0.1, 0.15) is 20.3 Å². The molecular formula is C10H19N. The van der Waals surface area contributed by atoms with Gasteiger partial charge in [0.05, 0.1) is 0 Å². The third-order valence-corrected chi connectivity index (χ3v) is 1.12. The van der Waals surface area contributed by atoms with Gasteiger partial charge in [0.25, 0.3) is 0 Å².